The monoisotopic (exact) mass is 644 g/mol. The molecule has 0 radical (unpaired) electrons. The van der Waals surface area contributed by atoms with Gasteiger partial charge >= 0.3 is 0 Å². The molecule has 0 aromatic heterocycles. The molecule has 3 N–H and O–H groups in total. The van der Waals surface area contributed by atoms with Gasteiger partial charge in [-0.2, -0.15) is 0 Å². The van der Waals surface area contributed by atoms with Gasteiger partial charge in [-0.3, -0.25) is 24.5 Å². The molecule has 5 rings (SSSR count). The van der Waals surface area contributed by atoms with E-state index in [1.807, 2.05) is 61.5 Å². The number of rotatable bonds is 11. The number of carbonyl (C=O) groups excluding carboxylic acids is 3. The number of thioether (sulfide) groups is 1. The third kappa shape index (κ3) is 8.30. The molecule has 0 heterocycles. The summed E-state index contributed by atoms with van der Waals surface area (Å²) in [6.45, 7) is 3.60. The molecule has 1 atom stereocenters. The summed E-state index contributed by atoms with van der Waals surface area (Å²) >= 11 is 1.34. The number of amides is 3. The maximum atomic E-state index is 13.7. The number of anilines is 2. The summed E-state index contributed by atoms with van der Waals surface area (Å²) in [5, 5.41) is 21.1. The van der Waals surface area contributed by atoms with Gasteiger partial charge in [0.15, 0.2) is 0 Å². The number of nitrogens with one attached hydrogen (secondary N) is 3. The van der Waals surface area contributed by atoms with Crippen molar-refractivity contribution >= 4 is 63.4 Å². The van der Waals surface area contributed by atoms with Crippen LogP contribution in [0.5, 0.6) is 0 Å². The molecule has 9 nitrogen and oxygen atoms in total. The van der Waals surface area contributed by atoms with Crippen molar-refractivity contribution in [1.82, 2.24) is 5.32 Å². The minimum Gasteiger partial charge on any atom is -0.325 e. The van der Waals surface area contributed by atoms with Gasteiger partial charge in [0, 0.05) is 34.0 Å². The fourth-order valence-electron chi connectivity index (χ4n) is 4.92. The molecule has 47 heavy (non-hydrogen) atoms. The Kier molecular flexibility index (Phi) is 10.4. The minimum absolute atomic E-state index is 0.0458. The summed E-state index contributed by atoms with van der Waals surface area (Å²) in [5.41, 5.74) is 2.78. The lowest BCUT2D eigenvalue weighted by molar-refractivity contribution is -0.384. The molecule has 1 unspecified atom stereocenters. The Morgan fingerprint density at radius 2 is 1.57 bits per heavy atom. The van der Waals surface area contributed by atoms with Crippen LogP contribution >= 0.6 is 11.8 Å². The molecule has 5 aromatic rings. The smallest absolute Gasteiger partial charge is 0.272 e. The molecule has 0 aliphatic carbocycles. The van der Waals surface area contributed by atoms with Crippen LogP contribution in [0.1, 0.15) is 34.8 Å². The van der Waals surface area contributed by atoms with E-state index in [1.54, 1.807) is 55.5 Å². The standard InChI is InChI=1S/C37H32N4O5S/c1-3-34(37(44)39-32-20-19-29(41(45)46)21-24(32)2)47-30-17-10-16-28(23-30)38-36(43)33(40-35(42)26-12-5-4-6-13-26)22-27-15-9-14-25-11-7-8-18-31(25)27/h4-23,34H,3H2,1-2H3,(H,38,43)(H,39,44)(H,40,42)/b33-22+. The van der Waals surface area contributed by atoms with Crippen molar-refractivity contribution in [1.29, 1.82) is 0 Å². The molecular formula is C37H32N4O5S. The van der Waals surface area contributed by atoms with E-state index in [4.69, 9.17) is 0 Å². The van der Waals surface area contributed by atoms with Crippen LogP contribution in [0.3, 0.4) is 0 Å². The van der Waals surface area contributed by atoms with E-state index in [0.717, 1.165) is 21.2 Å². The van der Waals surface area contributed by atoms with Gasteiger partial charge in [-0.1, -0.05) is 73.7 Å². The highest BCUT2D eigenvalue weighted by atomic mass is 32.2. The average Bonchev–Trinajstić information content (AvgIpc) is 3.08. The maximum absolute atomic E-state index is 13.7. The van der Waals surface area contributed by atoms with Gasteiger partial charge in [-0.25, -0.2) is 0 Å². The van der Waals surface area contributed by atoms with E-state index in [1.165, 1.54) is 30.0 Å². The fraction of sp³-hybridized carbons (Fsp3) is 0.108. The molecule has 0 saturated carbocycles. The van der Waals surface area contributed by atoms with Crippen molar-refractivity contribution in [3.63, 3.8) is 0 Å². The van der Waals surface area contributed by atoms with Gasteiger partial charge < -0.3 is 16.0 Å². The summed E-state index contributed by atoms with van der Waals surface area (Å²) in [6, 6.07) is 33.6. The lowest BCUT2D eigenvalue weighted by atomic mass is 10.0. The number of benzene rings is 5. The topological polar surface area (TPSA) is 130 Å². The van der Waals surface area contributed by atoms with Crippen molar-refractivity contribution in [2.24, 2.45) is 0 Å². The van der Waals surface area contributed by atoms with Gasteiger partial charge in [0.1, 0.15) is 5.70 Å². The first-order valence-corrected chi connectivity index (χ1v) is 15.8. The molecule has 0 fully saturated rings. The quantitative estimate of drug-likeness (QED) is 0.0579. The normalized spacial score (nSPS) is 11.8. The van der Waals surface area contributed by atoms with Gasteiger partial charge in [-0.05, 0) is 77.7 Å². The molecule has 236 valence electrons. The number of nitro benzene ring substituents is 1. The second-order valence-corrected chi connectivity index (χ2v) is 12.0. The van der Waals surface area contributed by atoms with Gasteiger partial charge in [0.05, 0.1) is 10.2 Å². The summed E-state index contributed by atoms with van der Waals surface area (Å²) in [7, 11) is 0. The van der Waals surface area contributed by atoms with Crippen LogP contribution in [-0.4, -0.2) is 27.9 Å². The van der Waals surface area contributed by atoms with Crippen LogP contribution < -0.4 is 16.0 Å². The Morgan fingerprint density at radius 1 is 0.851 bits per heavy atom. The zero-order chi connectivity index (χ0) is 33.3. The highest BCUT2D eigenvalue weighted by molar-refractivity contribution is 8.00. The molecule has 0 aliphatic rings. The lowest BCUT2D eigenvalue weighted by Gasteiger charge is -2.17. The van der Waals surface area contributed by atoms with E-state index in [2.05, 4.69) is 16.0 Å². The van der Waals surface area contributed by atoms with Gasteiger partial charge in [0.2, 0.25) is 5.91 Å². The molecule has 0 bridgehead atoms. The molecule has 0 spiro atoms. The summed E-state index contributed by atoms with van der Waals surface area (Å²) in [4.78, 5) is 51.4. The highest BCUT2D eigenvalue weighted by Gasteiger charge is 2.21. The number of non-ortho nitro benzene ring substituents is 1. The first-order chi connectivity index (χ1) is 22.7. The van der Waals surface area contributed by atoms with Crippen molar-refractivity contribution in [3.05, 3.63) is 148 Å². The van der Waals surface area contributed by atoms with E-state index in [-0.39, 0.29) is 17.3 Å². The SMILES string of the molecule is CCC(Sc1cccc(NC(=O)/C(=C\c2cccc3ccccc23)NC(=O)c2ccccc2)c1)C(=O)Nc1ccc([N+](=O)[O-])cc1C. The average molecular weight is 645 g/mol. The predicted octanol–water partition coefficient (Wildman–Crippen LogP) is 7.98. The van der Waals surface area contributed by atoms with E-state index in [0.29, 0.717) is 28.9 Å². The Labute approximate surface area is 276 Å². The van der Waals surface area contributed by atoms with Crippen LogP contribution in [0.15, 0.2) is 126 Å². The number of hydrogen-bond acceptors (Lipinski definition) is 6. The number of hydrogen-bond donors (Lipinski definition) is 3. The molecule has 5 aromatic carbocycles. The second kappa shape index (κ2) is 15.0. The molecule has 10 heteroatoms. The molecular weight excluding hydrogens is 612 g/mol. The largest absolute Gasteiger partial charge is 0.325 e. The number of fused-ring (bicyclic) bond motifs is 1. The van der Waals surface area contributed by atoms with E-state index in [9.17, 15) is 24.5 Å². The van der Waals surface area contributed by atoms with E-state index < -0.39 is 22.0 Å². The highest BCUT2D eigenvalue weighted by Crippen LogP contribution is 2.30. The fourth-order valence-corrected chi connectivity index (χ4v) is 5.93. The Morgan fingerprint density at radius 3 is 2.32 bits per heavy atom. The predicted molar refractivity (Wildman–Crippen MR) is 187 cm³/mol. The van der Waals surface area contributed by atoms with Crippen LogP contribution in [0.4, 0.5) is 17.1 Å². The second-order valence-electron chi connectivity index (χ2n) is 10.7. The molecule has 0 aliphatic heterocycles. The van der Waals surface area contributed by atoms with Crippen LogP contribution in [0, 0.1) is 17.0 Å². The van der Waals surface area contributed by atoms with Crippen LogP contribution in [-0.2, 0) is 9.59 Å². The van der Waals surface area contributed by atoms with Crippen LogP contribution in [0.2, 0.25) is 0 Å². The minimum atomic E-state index is -0.511. The zero-order valence-corrected chi connectivity index (χ0v) is 26.5. The Bertz CT molecular complexity index is 1990. The summed E-state index contributed by atoms with van der Waals surface area (Å²) in [5.74, 6) is -1.17. The zero-order valence-electron chi connectivity index (χ0n) is 25.7. The lowest BCUT2D eigenvalue weighted by Crippen LogP contribution is -2.30. The maximum Gasteiger partial charge on any atom is 0.272 e. The first kappa shape index (κ1) is 32.6. The third-order valence-corrected chi connectivity index (χ3v) is 8.72. The number of carbonyl (C=O) groups is 3. The van der Waals surface area contributed by atoms with Crippen molar-refractivity contribution < 1.29 is 19.3 Å². The van der Waals surface area contributed by atoms with Gasteiger partial charge in [-0.15, -0.1) is 11.8 Å². The number of nitro groups is 1. The Hall–Kier alpha value is -5.74. The third-order valence-electron chi connectivity index (χ3n) is 7.36. The van der Waals surface area contributed by atoms with Crippen LogP contribution in [0.25, 0.3) is 16.8 Å². The van der Waals surface area contributed by atoms with E-state index >= 15 is 0 Å². The summed E-state index contributed by atoms with van der Waals surface area (Å²) < 4.78 is 0. The number of nitrogens with zero attached hydrogens (tertiary/aromatic N) is 1. The Balaban J connectivity index is 1.35. The first-order valence-electron chi connectivity index (χ1n) is 14.9. The molecule has 3 amide bonds. The van der Waals surface area contributed by atoms with Crippen molar-refractivity contribution in [2.45, 2.75) is 30.4 Å². The summed E-state index contributed by atoms with van der Waals surface area (Å²) in [6.07, 6.45) is 2.18. The van der Waals surface area contributed by atoms with Crippen molar-refractivity contribution in [2.75, 3.05) is 10.6 Å². The molecule has 0 saturated heterocycles. The number of aryl methyl sites for hydroxylation is 1. The van der Waals surface area contributed by atoms with Crippen molar-refractivity contribution in [3.8, 4) is 0 Å². The van der Waals surface area contributed by atoms with Gasteiger partial charge in [0.25, 0.3) is 17.5 Å².